The number of alkyl halides is 1. The smallest absolute Gasteiger partial charge is 0.222 e. The Hall–Kier alpha value is -0.830. The molecule has 98 valence electrons. The Morgan fingerprint density at radius 3 is 2.78 bits per heavy atom. The number of hydrogen-bond donors (Lipinski definition) is 0. The Kier molecular flexibility index (Phi) is 4.81. The van der Waals surface area contributed by atoms with E-state index in [2.05, 4.69) is 47.1 Å². The molecule has 1 aromatic rings. The zero-order valence-electron chi connectivity index (χ0n) is 10.9. The van der Waals surface area contributed by atoms with Crippen molar-refractivity contribution in [3.8, 4) is 0 Å². The monoisotopic (exact) mass is 309 g/mol. The third-order valence-corrected chi connectivity index (χ3v) is 4.21. The maximum Gasteiger partial charge on any atom is 0.222 e. The van der Waals surface area contributed by atoms with Crippen LogP contribution in [0.5, 0.6) is 0 Å². The van der Waals surface area contributed by atoms with Crippen LogP contribution in [0.3, 0.4) is 0 Å². The van der Waals surface area contributed by atoms with E-state index in [1.54, 1.807) is 0 Å². The van der Waals surface area contributed by atoms with E-state index in [1.807, 2.05) is 4.90 Å². The van der Waals surface area contributed by atoms with E-state index in [0.717, 1.165) is 25.9 Å². The summed E-state index contributed by atoms with van der Waals surface area (Å²) in [6, 6.07) is 8.45. The fraction of sp³-hybridized carbons (Fsp3) is 0.533. The van der Waals surface area contributed by atoms with Gasteiger partial charge >= 0.3 is 0 Å². The summed E-state index contributed by atoms with van der Waals surface area (Å²) in [5, 5.41) is 0. The minimum atomic E-state index is 0.291. The molecule has 1 fully saturated rings. The largest absolute Gasteiger partial charge is 0.342 e. The van der Waals surface area contributed by atoms with Gasteiger partial charge in [0.05, 0.1) is 0 Å². The SMILES string of the molecule is Cc1ccc(CCC(=O)N2CCCC(Br)C2)cc1. The van der Waals surface area contributed by atoms with Gasteiger partial charge in [0.25, 0.3) is 0 Å². The second-order valence-electron chi connectivity index (χ2n) is 5.06. The number of carbonyl (C=O) groups excluding carboxylic acids is 1. The molecule has 2 nitrogen and oxygen atoms in total. The molecule has 0 saturated carbocycles. The van der Waals surface area contributed by atoms with Crippen LogP contribution in [0.1, 0.15) is 30.4 Å². The molecule has 0 aliphatic carbocycles. The summed E-state index contributed by atoms with van der Waals surface area (Å²) < 4.78 is 0. The molecule has 3 heteroatoms. The molecule has 0 aromatic heterocycles. The van der Waals surface area contributed by atoms with E-state index in [4.69, 9.17) is 0 Å². The lowest BCUT2D eigenvalue weighted by Gasteiger charge is -2.30. The van der Waals surface area contributed by atoms with Gasteiger partial charge in [-0.15, -0.1) is 0 Å². The van der Waals surface area contributed by atoms with E-state index >= 15 is 0 Å². The maximum absolute atomic E-state index is 12.1. The van der Waals surface area contributed by atoms with Crippen LogP contribution >= 0.6 is 15.9 Å². The van der Waals surface area contributed by atoms with Gasteiger partial charge in [0.15, 0.2) is 0 Å². The first-order valence-electron chi connectivity index (χ1n) is 6.62. The number of likely N-dealkylation sites (tertiary alicyclic amines) is 1. The third kappa shape index (κ3) is 3.84. The Morgan fingerprint density at radius 2 is 2.11 bits per heavy atom. The first-order valence-corrected chi connectivity index (χ1v) is 7.54. The van der Waals surface area contributed by atoms with Gasteiger partial charge in [-0.05, 0) is 31.7 Å². The lowest BCUT2D eigenvalue weighted by molar-refractivity contribution is -0.131. The summed E-state index contributed by atoms with van der Waals surface area (Å²) in [5.41, 5.74) is 2.52. The first-order chi connectivity index (χ1) is 8.65. The molecule has 0 spiro atoms. The topological polar surface area (TPSA) is 20.3 Å². The Balaban J connectivity index is 1.82. The maximum atomic E-state index is 12.1. The zero-order chi connectivity index (χ0) is 13.0. The number of carbonyl (C=O) groups is 1. The number of piperidine rings is 1. The van der Waals surface area contributed by atoms with Gasteiger partial charge in [-0.2, -0.15) is 0 Å². The number of rotatable bonds is 3. The molecule has 0 N–H and O–H groups in total. The Bertz CT molecular complexity index is 401. The van der Waals surface area contributed by atoms with Crippen LogP contribution in [0, 0.1) is 6.92 Å². The van der Waals surface area contributed by atoms with Gasteiger partial charge in [0, 0.05) is 24.3 Å². The van der Waals surface area contributed by atoms with Gasteiger partial charge in [-0.25, -0.2) is 0 Å². The summed E-state index contributed by atoms with van der Waals surface area (Å²) in [7, 11) is 0. The second kappa shape index (κ2) is 6.37. The second-order valence-corrected chi connectivity index (χ2v) is 6.36. The van der Waals surface area contributed by atoms with E-state index in [0.29, 0.717) is 17.2 Å². The molecule has 2 rings (SSSR count). The van der Waals surface area contributed by atoms with Gasteiger partial charge in [-0.3, -0.25) is 4.79 Å². The van der Waals surface area contributed by atoms with Crippen LogP contribution in [-0.4, -0.2) is 28.7 Å². The summed E-state index contributed by atoms with van der Waals surface area (Å²) in [4.78, 5) is 14.6. The fourth-order valence-electron chi connectivity index (χ4n) is 2.32. The number of benzene rings is 1. The molecular weight excluding hydrogens is 290 g/mol. The van der Waals surface area contributed by atoms with Crippen LogP contribution in [0.25, 0.3) is 0 Å². The Labute approximate surface area is 117 Å². The van der Waals surface area contributed by atoms with E-state index < -0.39 is 0 Å². The summed E-state index contributed by atoms with van der Waals surface area (Å²) in [5.74, 6) is 0.291. The summed E-state index contributed by atoms with van der Waals surface area (Å²) in [6.07, 6.45) is 3.78. The minimum Gasteiger partial charge on any atom is -0.342 e. The van der Waals surface area contributed by atoms with E-state index in [9.17, 15) is 4.79 Å². The van der Waals surface area contributed by atoms with Crippen LogP contribution in [-0.2, 0) is 11.2 Å². The molecule has 1 aliphatic heterocycles. The zero-order valence-corrected chi connectivity index (χ0v) is 12.4. The average Bonchev–Trinajstić information content (AvgIpc) is 2.38. The van der Waals surface area contributed by atoms with Crippen molar-refractivity contribution >= 4 is 21.8 Å². The molecule has 1 saturated heterocycles. The molecule has 18 heavy (non-hydrogen) atoms. The number of aryl methyl sites for hydroxylation is 2. The van der Waals surface area contributed by atoms with Gasteiger partial charge in [0.2, 0.25) is 5.91 Å². The number of nitrogens with zero attached hydrogens (tertiary/aromatic N) is 1. The van der Waals surface area contributed by atoms with Crippen molar-refractivity contribution in [1.29, 1.82) is 0 Å². The molecule has 0 bridgehead atoms. The van der Waals surface area contributed by atoms with Gasteiger partial charge in [0.1, 0.15) is 0 Å². The highest BCUT2D eigenvalue weighted by Crippen LogP contribution is 2.18. The molecule has 1 aromatic carbocycles. The molecular formula is C15H20BrNO. The molecule has 1 amide bonds. The lowest BCUT2D eigenvalue weighted by atomic mass is 10.1. The van der Waals surface area contributed by atoms with Crippen molar-refractivity contribution < 1.29 is 4.79 Å². The predicted octanol–water partition coefficient (Wildman–Crippen LogP) is 3.31. The highest BCUT2D eigenvalue weighted by molar-refractivity contribution is 9.09. The van der Waals surface area contributed by atoms with E-state index in [-0.39, 0.29) is 0 Å². The van der Waals surface area contributed by atoms with Crippen molar-refractivity contribution in [3.05, 3.63) is 35.4 Å². The van der Waals surface area contributed by atoms with Crippen LogP contribution in [0.15, 0.2) is 24.3 Å². The van der Waals surface area contributed by atoms with Crippen molar-refractivity contribution in [1.82, 2.24) is 4.90 Å². The minimum absolute atomic E-state index is 0.291. The lowest BCUT2D eigenvalue weighted by Crippen LogP contribution is -2.40. The Morgan fingerprint density at radius 1 is 1.39 bits per heavy atom. The highest BCUT2D eigenvalue weighted by Gasteiger charge is 2.21. The van der Waals surface area contributed by atoms with Crippen molar-refractivity contribution in [2.75, 3.05) is 13.1 Å². The van der Waals surface area contributed by atoms with Crippen molar-refractivity contribution in [3.63, 3.8) is 0 Å². The molecule has 1 atom stereocenters. The third-order valence-electron chi connectivity index (χ3n) is 3.46. The average molecular weight is 310 g/mol. The van der Waals surface area contributed by atoms with Crippen molar-refractivity contribution in [2.45, 2.75) is 37.4 Å². The van der Waals surface area contributed by atoms with Crippen LogP contribution in [0.4, 0.5) is 0 Å². The van der Waals surface area contributed by atoms with Crippen LogP contribution in [0.2, 0.25) is 0 Å². The quantitative estimate of drug-likeness (QED) is 0.784. The standard InChI is InChI=1S/C15H20BrNO/c1-12-4-6-13(7-5-12)8-9-15(18)17-10-2-3-14(16)11-17/h4-7,14H,2-3,8-11H2,1H3. The van der Waals surface area contributed by atoms with Gasteiger partial charge < -0.3 is 4.90 Å². The molecule has 1 aliphatic rings. The predicted molar refractivity (Wildman–Crippen MR) is 78.0 cm³/mol. The van der Waals surface area contributed by atoms with Crippen LogP contribution < -0.4 is 0 Å². The summed E-state index contributed by atoms with van der Waals surface area (Å²) in [6.45, 7) is 3.88. The van der Waals surface area contributed by atoms with Gasteiger partial charge in [-0.1, -0.05) is 45.8 Å². The molecule has 1 unspecified atom stereocenters. The molecule has 0 radical (unpaired) electrons. The number of halogens is 1. The number of hydrogen-bond acceptors (Lipinski definition) is 1. The molecule has 1 heterocycles. The normalized spacial score (nSPS) is 19.9. The first kappa shape index (κ1) is 13.6. The van der Waals surface area contributed by atoms with Crippen molar-refractivity contribution in [2.24, 2.45) is 0 Å². The summed E-state index contributed by atoms with van der Waals surface area (Å²) >= 11 is 3.61. The number of amides is 1. The highest BCUT2D eigenvalue weighted by atomic mass is 79.9. The fourth-order valence-corrected chi connectivity index (χ4v) is 2.99. The van der Waals surface area contributed by atoms with E-state index in [1.165, 1.54) is 17.5 Å².